The number of aromatic nitrogens is 2. The number of halogens is 1. The minimum Gasteiger partial charge on any atom is -0.377 e. The molecule has 1 aromatic heterocycles. The number of alkyl halides is 1. The lowest BCUT2D eigenvalue weighted by molar-refractivity contribution is -0.124. The van der Waals surface area contributed by atoms with Gasteiger partial charge in [0.15, 0.2) is 0 Å². The number of hydrogen-bond acceptors (Lipinski definition) is 6. The van der Waals surface area contributed by atoms with Gasteiger partial charge in [0, 0.05) is 39.9 Å². The molecule has 8 heteroatoms. The number of amides is 1. The normalized spacial score (nSPS) is 29.2. The zero-order chi connectivity index (χ0) is 17.1. The number of hydrogen-bond donors (Lipinski definition) is 2. The second kappa shape index (κ2) is 7.29. The SMILES string of the molecule is CNc1nccc(N2C[C@H](OC)[C@H](NC(=O)CC3CC(F)C3)C2)n1. The van der Waals surface area contributed by atoms with Gasteiger partial charge < -0.3 is 20.3 Å². The van der Waals surface area contributed by atoms with Gasteiger partial charge in [0.2, 0.25) is 11.9 Å². The Morgan fingerprint density at radius 2 is 2.25 bits per heavy atom. The zero-order valence-electron chi connectivity index (χ0n) is 14.0. The van der Waals surface area contributed by atoms with Crippen LogP contribution in [-0.4, -0.2) is 61.4 Å². The Kier molecular flexibility index (Phi) is 5.13. The highest BCUT2D eigenvalue weighted by molar-refractivity contribution is 5.77. The Morgan fingerprint density at radius 3 is 2.92 bits per heavy atom. The second-order valence-corrected chi connectivity index (χ2v) is 6.48. The largest absolute Gasteiger partial charge is 0.377 e. The Balaban J connectivity index is 1.58. The third-order valence-corrected chi connectivity index (χ3v) is 4.76. The lowest BCUT2D eigenvalue weighted by Crippen LogP contribution is -2.45. The zero-order valence-corrected chi connectivity index (χ0v) is 14.0. The van der Waals surface area contributed by atoms with E-state index < -0.39 is 6.17 Å². The van der Waals surface area contributed by atoms with Crippen molar-refractivity contribution in [1.29, 1.82) is 0 Å². The van der Waals surface area contributed by atoms with Gasteiger partial charge >= 0.3 is 0 Å². The van der Waals surface area contributed by atoms with Crippen LogP contribution in [0.15, 0.2) is 12.3 Å². The minimum absolute atomic E-state index is 0.0283. The van der Waals surface area contributed by atoms with Crippen molar-refractivity contribution in [3.05, 3.63) is 12.3 Å². The molecular formula is C16H24FN5O2. The summed E-state index contributed by atoms with van der Waals surface area (Å²) in [6.07, 6.45) is 2.28. The highest BCUT2D eigenvalue weighted by atomic mass is 19.1. The molecule has 1 aliphatic heterocycles. The van der Waals surface area contributed by atoms with Crippen molar-refractivity contribution in [3.8, 4) is 0 Å². The van der Waals surface area contributed by atoms with E-state index in [0.29, 0.717) is 38.3 Å². The Morgan fingerprint density at radius 1 is 1.46 bits per heavy atom. The fraction of sp³-hybridized carbons (Fsp3) is 0.688. The molecule has 1 aliphatic carbocycles. The summed E-state index contributed by atoms with van der Waals surface area (Å²) in [6.45, 7) is 1.28. The molecule has 0 unspecified atom stereocenters. The van der Waals surface area contributed by atoms with E-state index in [9.17, 15) is 9.18 Å². The molecule has 2 N–H and O–H groups in total. The number of carbonyl (C=O) groups excluding carboxylic acids is 1. The van der Waals surface area contributed by atoms with Crippen LogP contribution in [0.2, 0.25) is 0 Å². The molecule has 2 heterocycles. The van der Waals surface area contributed by atoms with E-state index >= 15 is 0 Å². The van der Waals surface area contributed by atoms with Gasteiger partial charge in [0.1, 0.15) is 12.0 Å². The Labute approximate surface area is 141 Å². The predicted molar refractivity (Wildman–Crippen MR) is 88.8 cm³/mol. The van der Waals surface area contributed by atoms with Crippen LogP contribution >= 0.6 is 0 Å². The van der Waals surface area contributed by atoms with E-state index in [0.717, 1.165) is 5.82 Å². The lowest BCUT2D eigenvalue weighted by atomic mass is 9.81. The minimum atomic E-state index is -0.726. The van der Waals surface area contributed by atoms with Crippen LogP contribution in [0.1, 0.15) is 19.3 Å². The number of nitrogens with one attached hydrogen (secondary N) is 2. The summed E-state index contributed by atoms with van der Waals surface area (Å²) in [7, 11) is 3.42. The monoisotopic (exact) mass is 337 g/mol. The molecule has 1 saturated heterocycles. The molecular weight excluding hydrogens is 313 g/mol. The number of methoxy groups -OCH3 is 1. The third kappa shape index (κ3) is 3.75. The third-order valence-electron chi connectivity index (χ3n) is 4.76. The summed E-state index contributed by atoms with van der Waals surface area (Å²) < 4.78 is 18.4. The summed E-state index contributed by atoms with van der Waals surface area (Å²) in [6, 6.07) is 1.74. The van der Waals surface area contributed by atoms with Gasteiger partial charge in [-0.2, -0.15) is 4.98 Å². The van der Waals surface area contributed by atoms with Crippen LogP contribution in [0, 0.1) is 5.92 Å². The molecule has 2 aliphatic rings. The van der Waals surface area contributed by atoms with Crippen molar-refractivity contribution in [2.24, 2.45) is 5.92 Å². The van der Waals surface area contributed by atoms with Crippen LogP contribution in [-0.2, 0) is 9.53 Å². The van der Waals surface area contributed by atoms with Crippen molar-refractivity contribution < 1.29 is 13.9 Å². The number of nitrogens with zero attached hydrogens (tertiary/aromatic N) is 3. The van der Waals surface area contributed by atoms with Crippen molar-refractivity contribution in [2.75, 3.05) is 37.5 Å². The van der Waals surface area contributed by atoms with Gasteiger partial charge in [-0.1, -0.05) is 0 Å². The van der Waals surface area contributed by atoms with Gasteiger partial charge in [-0.25, -0.2) is 9.37 Å². The second-order valence-electron chi connectivity index (χ2n) is 6.48. The Bertz CT molecular complexity index is 581. The van der Waals surface area contributed by atoms with Gasteiger partial charge in [0.05, 0.1) is 12.1 Å². The van der Waals surface area contributed by atoms with E-state index in [1.165, 1.54) is 0 Å². The van der Waals surface area contributed by atoms with E-state index in [1.54, 1.807) is 20.4 Å². The number of rotatable bonds is 6. The van der Waals surface area contributed by atoms with Crippen LogP contribution in [0.5, 0.6) is 0 Å². The first-order valence-corrected chi connectivity index (χ1v) is 8.31. The molecule has 2 fully saturated rings. The fourth-order valence-electron chi connectivity index (χ4n) is 3.33. The molecule has 24 heavy (non-hydrogen) atoms. The van der Waals surface area contributed by atoms with Gasteiger partial charge in [-0.05, 0) is 24.8 Å². The lowest BCUT2D eigenvalue weighted by Gasteiger charge is -2.29. The fourth-order valence-corrected chi connectivity index (χ4v) is 3.33. The molecule has 0 radical (unpaired) electrons. The highest BCUT2D eigenvalue weighted by Gasteiger charge is 2.36. The number of carbonyl (C=O) groups is 1. The van der Waals surface area contributed by atoms with E-state index in [2.05, 4.69) is 25.5 Å². The Hall–Kier alpha value is -1.96. The first kappa shape index (κ1) is 16.9. The van der Waals surface area contributed by atoms with Crippen LogP contribution in [0.3, 0.4) is 0 Å². The van der Waals surface area contributed by atoms with Gasteiger partial charge in [-0.15, -0.1) is 0 Å². The van der Waals surface area contributed by atoms with Gasteiger partial charge in [0.25, 0.3) is 0 Å². The number of ether oxygens (including phenoxy) is 1. The molecule has 0 aromatic carbocycles. The molecule has 0 bridgehead atoms. The predicted octanol–water partition coefficient (Wildman–Crippen LogP) is 0.976. The van der Waals surface area contributed by atoms with Crippen molar-refractivity contribution in [1.82, 2.24) is 15.3 Å². The molecule has 1 aromatic rings. The molecule has 2 atom stereocenters. The van der Waals surface area contributed by atoms with Crippen LogP contribution < -0.4 is 15.5 Å². The van der Waals surface area contributed by atoms with Crippen molar-refractivity contribution >= 4 is 17.7 Å². The van der Waals surface area contributed by atoms with Crippen LogP contribution in [0.25, 0.3) is 0 Å². The molecule has 132 valence electrons. The smallest absolute Gasteiger partial charge is 0.224 e. The van der Waals surface area contributed by atoms with Gasteiger partial charge in [-0.3, -0.25) is 4.79 Å². The molecule has 0 spiro atoms. The molecule has 1 saturated carbocycles. The first-order valence-electron chi connectivity index (χ1n) is 8.31. The maximum Gasteiger partial charge on any atom is 0.224 e. The highest BCUT2D eigenvalue weighted by Crippen LogP contribution is 2.32. The maximum absolute atomic E-state index is 12.9. The van der Waals surface area contributed by atoms with Crippen molar-refractivity contribution in [2.45, 2.75) is 37.6 Å². The van der Waals surface area contributed by atoms with E-state index in [4.69, 9.17) is 4.74 Å². The summed E-state index contributed by atoms with van der Waals surface area (Å²) in [4.78, 5) is 22.8. The molecule has 1 amide bonds. The standard InChI is InChI=1S/C16H24FN5O2/c1-18-16-19-4-3-14(21-16)22-8-12(13(9-22)24-2)20-15(23)7-10-5-11(17)6-10/h3-4,10-13H,5-9H2,1-2H3,(H,20,23)(H,18,19,21)/t10?,11?,12-,13+/m1/s1. The summed E-state index contributed by atoms with van der Waals surface area (Å²) in [5.41, 5.74) is 0. The maximum atomic E-state index is 12.9. The van der Waals surface area contributed by atoms with Crippen LogP contribution in [0.4, 0.5) is 16.2 Å². The number of anilines is 2. The molecule has 3 rings (SSSR count). The quantitative estimate of drug-likeness (QED) is 0.805. The van der Waals surface area contributed by atoms with Crippen molar-refractivity contribution in [3.63, 3.8) is 0 Å². The van der Waals surface area contributed by atoms with E-state index in [-0.39, 0.29) is 24.0 Å². The average Bonchev–Trinajstić information content (AvgIpc) is 2.96. The summed E-state index contributed by atoms with van der Waals surface area (Å²) in [5, 5.41) is 5.95. The first-order chi connectivity index (χ1) is 11.6. The van der Waals surface area contributed by atoms with E-state index in [1.807, 2.05) is 6.07 Å². The summed E-state index contributed by atoms with van der Waals surface area (Å²) >= 11 is 0. The molecule has 7 nitrogen and oxygen atoms in total. The summed E-state index contributed by atoms with van der Waals surface area (Å²) in [5.74, 6) is 1.50. The average molecular weight is 337 g/mol. The topological polar surface area (TPSA) is 79.4 Å².